The number of nitrogens with zero attached hydrogens (tertiary/aromatic N) is 2. The van der Waals surface area contributed by atoms with Crippen LogP contribution >= 0.6 is 0 Å². The van der Waals surface area contributed by atoms with Crippen molar-refractivity contribution in [2.24, 2.45) is 0 Å². The summed E-state index contributed by atoms with van der Waals surface area (Å²) in [6, 6.07) is 6.25. The number of pyridine rings is 1. The molecule has 3 heteroatoms. The molecule has 2 aliphatic heterocycles. The third kappa shape index (κ3) is 1.21. The van der Waals surface area contributed by atoms with Crippen LogP contribution < -0.4 is 5.06 Å². The van der Waals surface area contributed by atoms with Crippen LogP contribution in [-0.4, -0.2) is 17.1 Å². The average molecular weight is 188 g/mol. The van der Waals surface area contributed by atoms with Crippen molar-refractivity contribution in [3.05, 3.63) is 36.5 Å². The van der Waals surface area contributed by atoms with Crippen molar-refractivity contribution >= 4 is 5.82 Å². The average Bonchev–Trinajstić information content (AvgIpc) is 2.32. The molecule has 0 radical (unpaired) electrons. The van der Waals surface area contributed by atoms with E-state index in [0.29, 0.717) is 6.04 Å². The molecule has 0 aromatic carbocycles. The molecule has 72 valence electrons. The van der Waals surface area contributed by atoms with Gasteiger partial charge in [0.1, 0.15) is 6.10 Å². The van der Waals surface area contributed by atoms with Gasteiger partial charge in [-0.25, -0.2) is 10.0 Å². The van der Waals surface area contributed by atoms with Gasteiger partial charge >= 0.3 is 0 Å². The number of rotatable bonds is 1. The summed E-state index contributed by atoms with van der Waals surface area (Å²) in [5.74, 6) is 0.909. The van der Waals surface area contributed by atoms with E-state index in [2.05, 4.69) is 17.1 Å². The summed E-state index contributed by atoms with van der Waals surface area (Å²) in [7, 11) is 0. The second kappa shape index (κ2) is 3.10. The summed E-state index contributed by atoms with van der Waals surface area (Å²) in [5.41, 5.74) is 0. The highest BCUT2D eigenvalue weighted by atomic mass is 16.7. The van der Waals surface area contributed by atoms with Crippen molar-refractivity contribution in [1.29, 1.82) is 0 Å². The number of hydrogen-bond acceptors (Lipinski definition) is 3. The van der Waals surface area contributed by atoms with Gasteiger partial charge < -0.3 is 0 Å². The molecular formula is C11H12N2O. The maximum Gasteiger partial charge on any atom is 0.153 e. The van der Waals surface area contributed by atoms with Gasteiger partial charge in [-0.3, -0.25) is 4.84 Å². The molecule has 4 rings (SSSR count). The maximum absolute atomic E-state index is 5.76. The second-order valence-corrected chi connectivity index (χ2v) is 3.69. The predicted molar refractivity (Wildman–Crippen MR) is 53.8 cm³/mol. The van der Waals surface area contributed by atoms with Gasteiger partial charge in [0.05, 0.1) is 6.04 Å². The lowest BCUT2D eigenvalue weighted by Gasteiger charge is -2.40. The smallest absolute Gasteiger partial charge is 0.153 e. The number of aromatic nitrogens is 1. The van der Waals surface area contributed by atoms with E-state index in [1.807, 2.05) is 23.3 Å². The Hall–Kier alpha value is -1.35. The van der Waals surface area contributed by atoms with E-state index in [9.17, 15) is 0 Å². The molecule has 1 fully saturated rings. The fraction of sp³-hybridized carbons (Fsp3) is 0.364. The molecule has 0 amide bonds. The normalized spacial score (nSPS) is 29.6. The largest absolute Gasteiger partial charge is 0.264 e. The summed E-state index contributed by atoms with van der Waals surface area (Å²) in [4.78, 5) is 10.0. The molecule has 3 nitrogen and oxygen atoms in total. The number of hydroxylamine groups is 1. The summed E-state index contributed by atoms with van der Waals surface area (Å²) in [6.07, 6.45) is 8.70. The first-order valence-corrected chi connectivity index (χ1v) is 4.99. The SMILES string of the molecule is C1=CC2CCC1ON2c1ccccn1. The molecule has 0 saturated carbocycles. The Morgan fingerprint density at radius 2 is 2.29 bits per heavy atom. The van der Waals surface area contributed by atoms with Crippen LogP contribution in [0.2, 0.25) is 0 Å². The topological polar surface area (TPSA) is 25.4 Å². The van der Waals surface area contributed by atoms with Gasteiger partial charge in [-0.05, 0) is 25.0 Å². The Kier molecular flexibility index (Phi) is 1.77. The summed E-state index contributed by atoms with van der Waals surface area (Å²) < 4.78 is 0. The molecule has 2 unspecified atom stereocenters. The highest BCUT2D eigenvalue weighted by molar-refractivity contribution is 5.39. The van der Waals surface area contributed by atoms with Crippen LogP contribution in [0.3, 0.4) is 0 Å². The zero-order chi connectivity index (χ0) is 9.38. The molecule has 2 atom stereocenters. The third-order valence-electron chi connectivity index (χ3n) is 2.72. The van der Waals surface area contributed by atoms with Crippen LogP contribution in [0.25, 0.3) is 0 Å². The zero-order valence-corrected chi connectivity index (χ0v) is 7.84. The van der Waals surface area contributed by atoms with Crippen LogP contribution in [0.5, 0.6) is 0 Å². The van der Waals surface area contributed by atoms with E-state index in [-0.39, 0.29) is 6.10 Å². The van der Waals surface area contributed by atoms with E-state index in [4.69, 9.17) is 4.84 Å². The van der Waals surface area contributed by atoms with E-state index in [1.54, 1.807) is 6.20 Å². The molecule has 1 aromatic heterocycles. The van der Waals surface area contributed by atoms with Gasteiger partial charge in [0.2, 0.25) is 0 Å². The monoisotopic (exact) mass is 188 g/mol. The number of hydrogen-bond donors (Lipinski definition) is 0. The van der Waals surface area contributed by atoms with Gasteiger partial charge in [-0.2, -0.15) is 0 Å². The summed E-state index contributed by atoms with van der Waals surface area (Å²) in [5, 5.41) is 1.92. The Morgan fingerprint density at radius 3 is 2.86 bits per heavy atom. The Morgan fingerprint density at radius 1 is 1.29 bits per heavy atom. The first kappa shape index (κ1) is 8.00. The standard InChI is InChI=1S/C11H12N2O/c1-2-8-12-11(3-1)13-9-4-6-10(14-13)7-5-9/h1-4,6,8-10H,5,7H2. The van der Waals surface area contributed by atoms with Crippen molar-refractivity contribution in [1.82, 2.24) is 4.98 Å². The Balaban J connectivity index is 1.91. The first-order chi connectivity index (χ1) is 6.93. The van der Waals surface area contributed by atoms with Crippen LogP contribution in [-0.2, 0) is 4.84 Å². The van der Waals surface area contributed by atoms with Crippen molar-refractivity contribution in [2.75, 3.05) is 5.06 Å². The Bertz CT molecular complexity index is 350. The van der Waals surface area contributed by atoms with Crippen LogP contribution in [0.15, 0.2) is 36.5 Å². The quantitative estimate of drug-likeness (QED) is 0.629. The zero-order valence-electron chi connectivity index (χ0n) is 7.84. The molecule has 14 heavy (non-hydrogen) atoms. The van der Waals surface area contributed by atoms with Gasteiger partial charge in [0, 0.05) is 6.20 Å². The number of anilines is 1. The van der Waals surface area contributed by atoms with E-state index in [1.165, 1.54) is 0 Å². The van der Waals surface area contributed by atoms with E-state index < -0.39 is 0 Å². The molecule has 0 spiro atoms. The van der Waals surface area contributed by atoms with E-state index in [0.717, 1.165) is 18.7 Å². The molecule has 1 aliphatic carbocycles. The molecule has 1 aromatic rings. The fourth-order valence-corrected chi connectivity index (χ4v) is 1.99. The molecule has 2 bridgehead atoms. The minimum atomic E-state index is 0.252. The van der Waals surface area contributed by atoms with Gasteiger partial charge in [-0.15, -0.1) is 0 Å². The lowest BCUT2D eigenvalue weighted by molar-refractivity contribution is 0.00215. The lowest BCUT2D eigenvalue weighted by Crippen LogP contribution is -2.46. The minimum Gasteiger partial charge on any atom is -0.264 e. The van der Waals surface area contributed by atoms with Crippen LogP contribution in [0.1, 0.15) is 12.8 Å². The minimum absolute atomic E-state index is 0.252. The highest BCUT2D eigenvalue weighted by Gasteiger charge is 2.31. The summed E-state index contributed by atoms with van der Waals surface area (Å²) >= 11 is 0. The molecule has 3 heterocycles. The van der Waals surface area contributed by atoms with Crippen molar-refractivity contribution in [3.63, 3.8) is 0 Å². The molecule has 3 aliphatic rings. The molecule has 1 saturated heterocycles. The highest BCUT2D eigenvalue weighted by Crippen LogP contribution is 2.30. The lowest BCUT2D eigenvalue weighted by atomic mass is 9.98. The van der Waals surface area contributed by atoms with Gasteiger partial charge in [-0.1, -0.05) is 18.2 Å². The van der Waals surface area contributed by atoms with Crippen LogP contribution in [0, 0.1) is 0 Å². The van der Waals surface area contributed by atoms with Crippen LogP contribution in [0.4, 0.5) is 5.82 Å². The summed E-state index contributed by atoms with van der Waals surface area (Å²) in [6.45, 7) is 0. The molecule has 0 N–H and O–H groups in total. The molecular weight excluding hydrogens is 176 g/mol. The fourth-order valence-electron chi connectivity index (χ4n) is 1.99. The Labute approximate surface area is 83.0 Å². The van der Waals surface area contributed by atoms with E-state index >= 15 is 0 Å². The second-order valence-electron chi connectivity index (χ2n) is 3.69. The maximum atomic E-state index is 5.76. The predicted octanol–water partition coefficient (Wildman–Crippen LogP) is 1.92. The van der Waals surface area contributed by atoms with Crippen molar-refractivity contribution in [3.8, 4) is 0 Å². The third-order valence-corrected chi connectivity index (χ3v) is 2.72. The van der Waals surface area contributed by atoms with Gasteiger partial charge in [0.25, 0.3) is 0 Å². The van der Waals surface area contributed by atoms with Crippen molar-refractivity contribution < 1.29 is 4.84 Å². The van der Waals surface area contributed by atoms with Gasteiger partial charge in [0.15, 0.2) is 5.82 Å². The first-order valence-electron chi connectivity index (χ1n) is 4.99. The van der Waals surface area contributed by atoms with Crippen molar-refractivity contribution in [2.45, 2.75) is 25.0 Å². The number of fused-ring (bicyclic) bond motifs is 2.